The van der Waals surface area contributed by atoms with Gasteiger partial charge in [-0.25, -0.2) is 0 Å². The molecular weight excluding hydrogens is 346 g/mol. The fraction of sp³-hybridized carbons (Fsp3) is 0.250. The summed E-state index contributed by atoms with van der Waals surface area (Å²) in [5.41, 5.74) is 6.21. The molecule has 4 aromatic rings. The molecule has 28 heavy (non-hydrogen) atoms. The first-order chi connectivity index (χ1) is 13.8. The van der Waals surface area contributed by atoms with Gasteiger partial charge in [-0.1, -0.05) is 18.2 Å². The van der Waals surface area contributed by atoms with Crippen molar-refractivity contribution in [1.29, 1.82) is 0 Å². The van der Waals surface area contributed by atoms with Crippen LogP contribution in [0.3, 0.4) is 0 Å². The van der Waals surface area contributed by atoms with Crippen LogP contribution in [0.2, 0.25) is 0 Å². The molecule has 0 atom stereocenters. The van der Waals surface area contributed by atoms with Gasteiger partial charge in [-0.2, -0.15) is 0 Å². The van der Waals surface area contributed by atoms with Gasteiger partial charge < -0.3 is 19.6 Å². The number of hydrogen-bond acceptors (Lipinski definition) is 3. The van der Waals surface area contributed by atoms with Crippen LogP contribution in [-0.2, 0) is 0 Å². The van der Waals surface area contributed by atoms with Crippen LogP contribution in [0.1, 0.15) is 24.3 Å². The first-order valence-electron chi connectivity index (χ1n) is 9.97. The zero-order chi connectivity index (χ0) is 18.9. The summed E-state index contributed by atoms with van der Waals surface area (Å²) in [6.07, 6.45) is 6.37. The van der Waals surface area contributed by atoms with Crippen LogP contribution < -0.4 is 5.32 Å². The van der Waals surface area contributed by atoms with Gasteiger partial charge in [0.25, 0.3) is 0 Å². The molecule has 142 valence electrons. The molecule has 0 spiro atoms. The first kappa shape index (κ1) is 17.1. The van der Waals surface area contributed by atoms with Crippen molar-refractivity contribution in [2.24, 2.45) is 0 Å². The average Bonchev–Trinajstić information content (AvgIpc) is 3.38. The van der Waals surface area contributed by atoms with E-state index in [0.29, 0.717) is 5.92 Å². The highest BCUT2D eigenvalue weighted by molar-refractivity contribution is 5.88. The van der Waals surface area contributed by atoms with Crippen LogP contribution in [0.15, 0.2) is 71.5 Å². The molecule has 0 aliphatic carbocycles. The van der Waals surface area contributed by atoms with E-state index in [2.05, 4.69) is 70.9 Å². The second-order valence-electron chi connectivity index (χ2n) is 7.76. The van der Waals surface area contributed by atoms with Gasteiger partial charge >= 0.3 is 0 Å². The van der Waals surface area contributed by atoms with E-state index in [-0.39, 0.29) is 0 Å². The molecule has 1 aliphatic rings. The summed E-state index contributed by atoms with van der Waals surface area (Å²) in [7, 11) is 2.22. The minimum atomic E-state index is 0.653. The van der Waals surface area contributed by atoms with Crippen LogP contribution in [0.5, 0.6) is 0 Å². The van der Waals surface area contributed by atoms with Gasteiger partial charge in [-0.15, -0.1) is 0 Å². The number of piperidine rings is 1. The van der Waals surface area contributed by atoms with E-state index in [4.69, 9.17) is 4.42 Å². The van der Waals surface area contributed by atoms with Crippen molar-refractivity contribution in [1.82, 2.24) is 9.88 Å². The number of H-pyrrole nitrogens is 1. The van der Waals surface area contributed by atoms with E-state index in [1.54, 1.807) is 6.26 Å². The van der Waals surface area contributed by atoms with E-state index in [1.807, 2.05) is 12.1 Å². The lowest BCUT2D eigenvalue weighted by atomic mass is 9.89. The number of furan rings is 1. The molecule has 2 N–H and O–H groups in total. The van der Waals surface area contributed by atoms with Crippen LogP contribution in [0, 0.1) is 0 Å². The van der Waals surface area contributed by atoms with Crippen LogP contribution >= 0.6 is 0 Å². The molecule has 0 bridgehead atoms. The average molecular weight is 371 g/mol. The summed E-state index contributed by atoms with van der Waals surface area (Å²) in [6, 6.07) is 19.1. The summed E-state index contributed by atoms with van der Waals surface area (Å²) < 4.78 is 5.35. The Labute approximate surface area is 165 Å². The summed E-state index contributed by atoms with van der Waals surface area (Å²) in [5, 5.41) is 4.63. The molecule has 1 saturated heterocycles. The fourth-order valence-corrected chi connectivity index (χ4v) is 4.22. The SMILES string of the molecule is CN1CCC(c2c[nH]c3ccc(-c4ccc(Nc5ccco5)cc4)cc23)CC1. The van der Waals surface area contributed by atoms with Crippen molar-refractivity contribution in [3.63, 3.8) is 0 Å². The van der Waals surface area contributed by atoms with Gasteiger partial charge in [0.05, 0.1) is 6.26 Å². The van der Waals surface area contributed by atoms with Crippen molar-refractivity contribution in [3.05, 3.63) is 72.6 Å². The van der Waals surface area contributed by atoms with Crippen LogP contribution in [0.25, 0.3) is 22.0 Å². The number of likely N-dealkylation sites (tertiary alicyclic amines) is 1. The lowest BCUT2D eigenvalue weighted by Crippen LogP contribution is -2.29. The van der Waals surface area contributed by atoms with Gasteiger partial charge in [-0.3, -0.25) is 0 Å². The van der Waals surface area contributed by atoms with Gasteiger partial charge in [-0.05, 0) is 85.9 Å². The monoisotopic (exact) mass is 371 g/mol. The smallest absolute Gasteiger partial charge is 0.196 e. The zero-order valence-electron chi connectivity index (χ0n) is 16.1. The summed E-state index contributed by atoms with van der Waals surface area (Å²) >= 11 is 0. The molecule has 4 heteroatoms. The molecule has 2 aromatic carbocycles. The number of nitrogens with one attached hydrogen (secondary N) is 2. The number of anilines is 2. The third-order valence-corrected chi connectivity index (χ3v) is 5.88. The number of aromatic nitrogens is 1. The minimum Gasteiger partial charge on any atom is -0.449 e. The second-order valence-corrected chi connectivity index (χ2v) is 7.76. The summed E-state index contributed by atoms with van der Waals surface area (Å²) in [4.78, 5) is 5.90. The molecule has 3 heterocycles. The fourth-order valence-electron chi connectivity index (χ4n) is 4.22. The molecule has 0 radical (unpaired) electrons. The number of hydrogen-bond donors (Lipinski definition) is 2. The highest BCUT2D eigenvalue weighted by atomic mass is 16.3. The minimum absolute atomic E-state index is 0.653. The van der Waals surface area contributed by atoms with E-state index in [0.717, 1.165) is 11.6 Å². The van der Waals surface area contributed by atoms with Gasteiger partial charge in [0.2, 0.25) is 0 Å². The predicted octanol–water partition coefficient (Wildman–Crippen LogP) is 5.98. The normalized spacial score (nSPS) is 15.9. The number of benzene rings is 2. The summed E-state index contributed by atoms with van der Waals surface area (Å²) in [5.74, 6) is 1.41. The Morgan fingerprint density at radius 2 is 1.79 bits per heavy atom. The van der Waals surface area contributed by atoms with Gasteiger partial charge in [0, 0.05) is 28.9 Å². The quantitative estimate of drug-likeness (QED) is 0.464. The maximum atomic E-state index is 5.35. The molecule has 0 amide bonds. The second kappa shape index (κ2) is 7.21. The highest BCUT2D eigenvalue weighted by Crippen LogP contribution is 2.35. The molecule has 5 rings (SSSR count). The standard InChI is InChI=1S/C24H25N3O/c1-27-12-10-18(11-13-27)22-16-25-23-9-6-19(15-21(22)23)17-4-7-20(8-5-17)26-24-3-2-14-28-24/h2-9,14-16,18,25-26H,10-13H2,1H3. The molecule has 1 aliphatic heterocycles. The first-order valence-corrected chi connectivity index (χ1v) is 9.97. The molecule has 0 unspecified atom stereocenters. The van der Waals surface area contributed by atoms with E-state index >= 15 is 0 Å². The Balaban J connectivity index is 1.42. The van der Waals surface area contributed by atoms with Crippen LogP contribution in [0.4, 0.5) is 11.6 Å². The van der Waals surface area contributed by atoms with Crippen molar-refractivity contribution in [2.75, 3.05) is 25.5 Å². The van der Waals surface area contributed by atoms with Crippen molar-refractivity contribution >= 4 is 22.5 Å². The maximum Gasteiger partial charge on any atom is 0.196 e. The predicted molar refractivity (Wildman–Crippen MR) is 115 cm³/mol. The number of fused-ring (bicyclic) bond motifs is 1. The van der Waals surface area contributed by atoms with E-state index in [9.17, 15) is 0 Å². The topological polar surface area (TPSA) is 44.2 Å². The number of nitrogens with zero attached hydrogens (tertiary/aromatic N) is 1. The lowest BCUT2D eigenvalue weighted by Gasteiger charge is -2.28. The maximum absolute atomic E-state index is 5.35. The third kappa shape index (κ3) is 3.32. The Bertz CT molecular complexity index is 1060. The number of rotatable bonds is 4. The lowest BCUT2D eigenvalue weighted by molar-refractivity contribution is 0.256. The van der Waals surface area contributed by atoms with Crippen molar-refractivity contribution in [2.45, 2.75) is 18.8 Å². The van der Waals surface area contributed by atoms with Crippen molar-refractivity contribution < 1.29 is 4.42 Å². The molecule has 2 aromatic heterocycles. The Morgan fingerprint density at radius 1 is 1.00 bits per heavy atom. The van der Waals surface area contributed by atoms with Gasteiger partial charge in [0.15, 0.2) is 5.88 Å². The summed E-state index contributed by atoms with van der Waals surface area (Å²) in [6.45, 7) is 2.36. The van der Waals surface area contributed by atoms with Gasteiger partial charge in [0.1, 0.15) is 0 Å². The molecule has 0 saturated carbocycles. The zero-order valence-corrected chi connectivity index (χ0v) is 16.1. The van der Waals surface area contributed by atoms with E-state index in [1.165, 1.54) is 53.5 Å². The molecule has 4 nitrogen and oxygen atoms in total. The Morgan fingerprint density at radius 3 is 2.54 bits per heavy atom. The van der Waals surface area contributed by atoms with Crippen molar-refractivity contribution in [3.8, 4) is 11.1 Å². The van der Waals surface area contributed by atoms with Crippen LogP contribution in [-0.4, -0.2) is 30.0 Å². The Kier molecular flexibility index (Phi) is 4.41. The third-order valence-electron chi connectivity index (χ3n) is 5.88. The highest BCUT2D eigenvalue weighted by Gasteiger charge is 2.21. The Hall–Kier alpha value is -2.98. The largest absolute Gasteiger partial charge is 0.449 e. The molecular formula is C24H25N3O. The molecule has 1 fully saturated rings. The number of aromatic amines is 1. The van der Waals surface area contributed by atoms with E-state index < -0.39 is 0 Å².